The number of H-pyrrole nitrogens is 1. The zero-order valence-corrected chi connectivity index (χ0v) is 21.1. The first-order chi connectivity index (χ1) is 16.4. The Labute approximate surface area is 205 Å². The largest absolute Gasteiger partial charge is 0.351 e. The van der Waals surface area contributed by atoms with Gasteiger partial charge in [0.15, 0.2) is 0 Å². The summed E-state index contributed by atoms with van der Waals surface area (Å²) in [6.07, 6.45) is 1.64. The number of nitrogens with zero attached hydrogens (tertiary/aromatic N) is 1. The summed E-state index contributed by atoms with van der Waals surface area (Å²) in [7, 11) is -3.91. The van der Waals surface area contributed by atoms with E-state index in [1.54, 1.807) is 18.2 Å². The van der Waals surface area contributed by atoms with Crippen molar-refractivity contribution in [1.82, 2.24) is 14.6 Å². The van der Waals surface area contributed by atoms with E-state index in [2.05, 4.69) is 22.2 Å². The first-order valence-electron chi connectivity index (χ1n) is 11.3. The quantitative estimate of drug-likeness (QED) is 0.449. The van der Waals surface area contributed by atoms with Crippen molar-refractivity contribution in [3.8, 4) is 0 Å². The van der Waals surface area contributed by atoms with Crippen molar-refractivity contribution in [2.24, 2.45) is 0 Å². The van der Waals surface area contributed by atoms with E-state index >= 15 is 0 Å². The van der Waals surface area contributed by atoms with Crippen molar-refractivity contribution in [2.75, 3.05) is 5.32 Å². The molecule has 184 valence electrons. The predicted molar refractivity (Wildman–Crippen MR) is 137 cm³/mol. The van der Waals surface area contributed by atoms with Crippen LogP contribution in [-0.4, -0.2) is 46.6 Å². The molecular formula is C26H30N4O4S. The van der Waals surface area contributed by atoms with Crippen LogP contribution in [0.15, 0.2) is 72.1 Å². The molecule has 1 fully saturated rings. The number of hydrogen-bond acceptors (Lipinski definition) is 4. The van der Waals surface area contributed by atoms with Crippen LogP contribution in [0, 0.1) is 0 Å². The lowest BCUT2D eigenvalue weighted by Gasteiger charge is -2.40. The fourth-order valence-corrected chi connectivity index (χ4v) is 7.22. The lowest BCUT2D eigenvalue weighted by atomic mass is 9.94. The lowest BCUT2D eigenvalue weighted by molar-refractivity contribution is -0.117. The maximum Gasteiger partial charge on any atom is 0.272 e. The summed E-state index contributed by atoms with van der Waals surface area (Å²) in [5.41, 5.74) is 0.144. The molecule has 1 saturated heterocycles. The van der Waals surface area contributed by atoms with Gasteiger partial charge in [-0.15, -0.1) is 0 Å². The van der Waals surface area contributed by atoms with Crippen molar-refractivity contribution in [1.29, 1.82) is 0 Å². The van der Waals surface area contributed by atoms with Gasteiger partial charge < -0.3 is 15.6 Å². The van der Waals surface area contributed by atoms with E-state index in [9.17, 15) is 18.0 Å². The summed E-state index contributed by atoms with van der Waals surface area (Å²) in [5, 5.41) is 6.60. The maximum atomic E-state index is 13.7. The van der Waals surface area contributed by atoms with E-state index < -0.39 is 21.1 Å². The molecule has 1 aromatic heterocycles. The van der Waals surface area contributed by atoms with Gasteiger partial charge in [0.25, 0.3) is 5.91 Å². The van der Waals surface area contributed by atoms with Crippen LogP contribution in [0.4, 0.5) is 5.69 Å². The lowest BCUT2D eigenvalue weighted by Crippen LogP contribution is -2.56. The monoisotopic (exact) mass is 494 g/mol. The molecule has 2 aromatic carbocycles. The summed E-state index contributed by atoms with van der Waals surface area (Å²) in [6.45, 7) is 10.8. The van der Waals surface area contributed by atoms with E-state index in [1.165, 1.54) is 22.5 Å². The molecule has 9 heteroatoms. The molecule has 35 heavy (non-hydrogen) atoms. The fourth-order valence-electron chi connectivity index (χ4n) is 5.06. The van der Waals surface area contributed by atoms with Gasteiger partial charge >= 0.3 is 0 Å². The average molecular weight is 495 g/mol. The molecule has 1 aliphatic rings. The highest BCUT2D eigenvalue weighted by Gasteiger charge is 2.57. The molecule has 0 radical (unpaired) electrons. The second-order valence-corrected chi connectivity index (χ2v) is 11.7. The van der Waals surface area contributed by atoms with Crippen LogP contribution in [0.2, 0.25) is 0 Å². The molecule has 1 aliphatic heterocycles. The molecule has 3 aromatic rings. The Morgan fingerprint density at radius 3 is 2.37 bits per heavy atom. The number of anilines is 1. The summed E-state index contributed by atoms with van der Waals surface area (Å²) in [5.74, 6) is -0.660. The van der Waals surface area contributed by atoms with E-state index in [0.717, 1.165) is 10.9 Å². The standard InChI is InChI=1S/C26H30N4O4S/c1-6-23(31)29-22-16-25(2,3)30(26(22,4)5)35(33,34)19-13-11-18(12-14-19)27-24(32)21-15-17-9-7-8-10-20(17)28-21/h6-15,22,28H,1,16H2,2-5H3,(H,27,32)(H,29,31). The van der Waals surface area contributed by atoms with Crippen LogP contribution < -0.4 is 10.6 Å². The highest BCUT2D eigenvalue weighted by Crippen LogP contribution is 2.44. The molecule has 0 bridgehead atoms. The SMILES string of the molecule is C=CC(=O)NC1CC(C)(C)N(S(=O)(=O)c2ccc(NC(=O)c3cc4ccccc4[nH]3)cc2)C1(C)C. The Bertz CT molecular complexity index is 1370. The van der Waals surface area contributed by atoms with Gasteiger partial charge in [-0.05, 0) is 76.6 Å². The average Bonchev–Trinajstić information content (AvgIpc) is 3.29. The summed E-state index contributed by atoms with van der Waals surface area (Å²) >= 11 is 0. The van der Waals surface area contributed by atoms with Gasteiger partial charge in [0.05, 0.1) is 10.4 Å². The van der Waals surface area contributed by atoms with Gasteiger partial charge in [0.2, 0.25) is 15.9 Å². The highest BCUT2D eigenvalue weighted by molar-refractivity contribution is 7.89. The van der Waals surface area contributed by atoms with E-state index in [1.807, 2.05) is 52.0 Å². The van der Waals surface area contributed by atoms with Gasteiger partial charge in [-0.3, -0.25) is 9.59 Å². The molecule has 2 heterocycles. The Morgan fingerprint density at radius 2 is 1.74 bits per heavy atom. The Kier molecular flexibility index (Phi) is 6.11. The second-order valence-electron chi connectivity index (χ2n) is 9.95. The molecule has 8 nitrogen and oxygen atoms in total. The van der Waals surface area contributed by atoms with Crippen molar-refractivity contribution in [3.05, 3.63) is 72.9 Å². The van der Waals surface area contributed by atoms with E-state index in [0.29, 0.717) is 17.8 Å². The van der Waals surface area contributed by atoms with E-state index in [4.69, 9.17) is 0 Å². The minimum atomic E-state index is -3.91. The van der Waals surface area contributed by atoms with Gasteiger partial charge in [0.1, 0.15) is 5.69 Å². The number of carbonyl (C=O) groups excluding carboxylic acids is 2. The van der Waals surface area contributed by atoms with Crippen LogP contribution in [0.1, 0.15) is 44.6 Å². The molecular weight excluding hydrogens is 464 g/mol. The smallest absolute Gasteiger partial charge is 0.272 e. The normalized spacial score (nSPS) is 19.4. The van der Waals surface area contributed by atoms with Gasteiger partial charge in [-0.25, -0.2) is 8.42 Å². The number of carbonyl (C=O) groups is 2. The third-order valence-electron chi connectivity index (χ3n) is 6.56. The number of benzene rings is 2. The molecule has 3 N–H and O–H groups in total. The molecule has 0 saturated carbocycles. The van der Waals surface area contributed by atoms with Crippen LogP contribution in [0.5, 0.6) is 0 Å². The van der Waals surface area contributed by atoms with Gasteiger partial charge in [-0.2, -0.15) is 4.31 Å². The summed E-state index contributed by atoms with van der Waals surface area (Å²) in [4.78, 5) is 27.8. The first kappa shape index (κ1) is 24.7. The Morgan fingerprint density at radius 1 is 1.09 bits per heavy atom. The first-order valence-corrected chi connectivity index (χ1v) is 12.8. The number of para-hydroxylation sites is 1. The third kappa shape index (κ3) is 4.49. The number of aromatic amines is 1. The van der Waals surface area contributed by atoms with Crippen LogP contribution in [0.3, 0.4) is 0 Å². The summed E-state index contributed by atoms with van der Waals surface area (Å²) < 4.78 is 28.9. The number of nitrogens with one attached hydrogen (secondary N) is 3. The van der Waals surface area contributed by atoms with Gasteiger partial charge in [0, 0.05) is 28.2 Å². The summed E-state index contributed by atoms with van der Waals surface area (Å²) in [6, 6.07) is 15.1. The number of sulfonamides is 1. The van der Waals surface area contributed by atoms with Crippen LogP contribution in [-0.2, 0) is 14.8 Å². The fraction of sp³-hybridized carbons (Fsp3) is 0.308. The van der Waals surface area contributed by atoms with Crippen LogP contribution >= 0.6 is 0 Å². The Hall–Kier alpha value is -3.43. The molecule has 4 rings (SSSR count). The minimum absolute atomic E-state index is 0.109. The van der Waals surface area contributed by atoms with Crippen molar-refractivity contribution in [3.63, 3.8) is 0 Å². The Balaban J connectivity index is 1.56. The van der Waals surface area contributed by atoms with Crippen molar-refractivity contribution >= 4 is 38.4 Å². The maximum absolute atomic E-state index is 13.7. The number of rotatable bonds is 6. The molecule has 2 amide bonds. The minimum Gasteiger partial charge on any atom is -0.351 e. The molecule has 0 aliphatic carbocycles. The number of fused-ring (bicyclic) bond motifs is 1. The van der Waals surface area contributed by atoms with E-state index in [-0.39, 0.29) is 22.8 Å². The number of hydrogen-bond donors (Lipinski definition) is 3. The molecule has 1 atom stereocenters. The number of aromatic nitrogens is 1. The zero-order chi connectivity index (χ0) is 25.6. The third-order valence-corrected chi connectivity index (χ3v) is 8.87. The van der Waals surface area contributed by atoms with Gasteiger partial charge in [-0.1, -0.05) is 24.8 Å². The number of amides is 2. The highest BCUT2D eigenvalue weighted by atomic mass is 32.2. The van der Waals surface area contributed by atoms with Crippen molar-refractivity contribution in [2.45, 2.75) is 56.1 Å². The topological polar surface area (TPSA) is 111 Å². The zero-order valence-electron chi connectivity index (χ0n) is 20.3. The molecule has 1 unspecified atom stereocenters. The van der Waals surface area contributed by atoms with Crippen LogP contribution in [0.25, 0.3) is 10.9 Å². The molecule has 0 spiro atoms. The predicted octanol–water partition coefficient (Wildman–Crippen LogP) is 4.04. The van der Waals surface area contributed by atoms with Crippen molar-refractivity contribution < 1.29 is 18.0 Å². The second kappa shape index (κ2) is 8.66.